The molecule has 0 radical (unpaired) electrons. The third-order valence-electron chi connectivity index (χ3n) is 3.11. The average molecular weight is 255 g/mol. The van der Waals surface area contributed by atoms with Gasteiger partial charge in [0, 0.05) is 6.54 Å². The lowest BCUT2D eigenvalue weighted by molar-refractivity contribution is -0.157. The van der Waals surface area contributed by atoms with Crippen LogP contribution < -0.4 is 0 Å². The predicted molar refractivity (Wildman–Crippen MR) is 67.2 cm³/mol. The van der Waals surface area contributed by atoms with Gasteiger partial charge in [-0.3, -0.25) is 4.79 Å². The first-order valence-electron chi connectivity index (χ1n) is 6.33. The van der Waals surface area contributed by atoms with E-state index in [-0.39, 0.29) is 5.91 Å². The van der Waals surface area contributed by atoms with Crippen LogP contribution in [0.4, 0.5) is 0 Å². The second-order valence-corrected chi connectivity index (χ2v) is 4.47. The molecule has 2 unspecified atom stereocenters. The number of likely N-dealkylation sites (tertiary alicyclic amines) is 1. The summed E-state index contributed by atoms with van der Waals surface area (Å²) in [6.45, 7) is 6.18. The summed E-state index contributed by atoms with van der Waals surface area (Å²) in [6.07, 6.45) is 4.05. The first-order chi connectivity index (χ1) is 8.57. The zero-order chi connectivity index (χ0) is 13.5. The van der Waals surface area contributed by atoms with Crippen LogP contribution in [0.15, 0.2) is 12.7 Å². The molecule has 1 heterocycles. The van der Waals surface area contributed by atoms with E-state index in [1.54, 1.807) is 13.0 Å². The van der Waals surface area contributed by atoms with Crippen molar-refractivity contribution in [3.05, 3.63) is 12.7 Å². The maximum atomic E-state index is 12.1. The number of hydrogen-bond donors (Lipinski definition) is 1. The van der Waals surface area contributed by atoms with E-state index in [1.807, 2.05) is 0 Å². The van der Waals surface area contributed by atoms with Crippen molar-refractivity contribution in [2.45, 2.75) is 44.8 Å². The molecular formula is C13H21NO4. The molecule has 0 aromatic carbocycles. The van der Waals surface area contributed by atoms with Crippen molar-refractivity contribution in [3.63, 3.8) is 0 Å². The fourth-order valence-corrected chi connectivity index (χ4v) is 2.09. The van der Waals surface area contributed by atoms with Crippen molar-refractivity contribution in [1.82, 2.24) is 4.90 Å². The van der Waals surface area contributed by atoms with Crippen LogP contribution in [0.3, 0.4) is 0 Å². The van der Waals surface area contributed by atoms with Crippen LogP contribution in [0.2, 0.25) is 0 Å². The highest BCUT2D eigenvalue weighted by atomic mass is 16.5. The Labute approximate surface area is 107 Å². The van der Waals surface area contributed by atoms with Gasteiger partial charge in [-0.05, 0) is 32.6 Å². The number of rotatable bonds is 6. The minimum absolute atomic E-state index is 0.230. The van der Waals surface area contributed by atoms with E-state index in [0.29, 0.717) is 26.0 Å². The van der Waals surface area contributed by atoms with E-state index >= 15 is 0 Å². The minimum atomic E-state index is -0.929. The van der Waals surface area contributed by atoms with Gasteiger partial charge in [-0.15, -0.1) is 6.58 Å². The Bertz CT molecular complexity index is 316. The number of hydrogen-bond acceptors (Lipinski definition) is 3. The third kappa shape index (κ3) is 3.84. The molecule has 5 nitrogen and oxygen atoms in total. The molecule has 1 saturated heterocycles. The van der Waals surface area contributed by atoms with Gasteiger partial charge in [0.25, 0.3) is 5.91 Å². The Morgan fingerprint density at radius 2 is 2.28 bits per heavy atom. The van der Waals surface area contributed by atoms with Gasteiger partial charge >= 0.3 is 5.97 Å². The molecule has 1 amide bonds. The smallest absolute Gasteiger partial charge is 0.326 e. The Balaban J connectivity index is 2.56. The maximum absolute atomic E-state index is 12.1. The van der Waals surface area contributed by atoms with Gasteiger partial charge in [-0.2, -0.15) is 0 Å². The van der Waals surface area contributed by atoms with Crippen molar-refractivity contribution in [3.8, 4) is 0 Å². The lowest BCUT2D eigenvalue weighted by atomic mass is 10.0. The summed E-state index contributed by atoms with van der Waals surface area (Å²) in [5, 5.41) is 9.11. The normalized spacial score (nSPS) is 21.4. The van der Waals surface area contributed by atoms with E-state index in [9.17, 15) is 9.59 Å². The summed E-state index contributed by atoms with van der Waals surface area (Å²) < 4.78 is 5.37. The third-order valence-corrected chi connectivity index (χ3v) is 3.11. The summed E-state index contributed by atoms with van der Waals surface area (Å²) >= 11 is 0. The number of carbonyl (C=O) groups excluding carboxylic acids is 1. The van der Waals surface area contributed by atoms with Crippen LogP contribution in [0.1, 0.15) is 32.6 Å². The van der Waals surface area contributed by atoms with Crippen LogP contribution in [-0.4, -0.2) is 47.2 Å². The van der Waals surface area contributed by atoms with Crippen LogP contribution in [0.5, 0.6) is 0 Å². The van der Waals surface area contributed by atoms with Crippen LogP contribution in [0, 0.1) is 0 Å². The molecule has 1 N–H and O–H groups in total. The van der Waals surface area contributed by atoms with Gasteiger partial charge in [-0.1, -0.05) is 6.08 Å². The van der Waals surface area contributed by atoms with Gasteiger partial charge in [-0.25, -0.2) is 4.79 Å². The highest BCUT2D eigenvalue weighted by molar-refractivity contribution is 5.86. The van der Waals surface area contributed by atoms with Crippen molar-refractivity contribution in [2.75, 3.05) is 13.2 Å². The highest BCUT2D eigenvalue weighted by Crippen LogP contribution is 2.18. The fourth-order valence-electron chi connectivity index (χ4n) is 2.09. The molecule has 0 saturated carbocycles. The largest absolute Gasteiger partial charge is 0.480 e. The number of ether oxygens (including phenoxy) is 1. The predicted octanol–water partition coefficient (Wildman–Crippen LogP) is 1.43. The Morgan fingerprint density at radius 3 is 2.89 bits per heavy atom. The molecule has 0 bridgehead atoms. The van der Waals surface area contributed by atoms with Crippen molar-refractivity contribution in [1.29, 1.82) is 0 Å². The van der Waals surface area contributed by atoms with E-state index < -0.39 is 18.1 Å². The molecule has 0 aromatic heterocycles. The number of carbonyl (C=O) groups is 2. The molecule has 1 aliphatic heterocycles. The molecule has 0 aliphatic carbocycles. The Hall–Kier alpha value is -1.36. The summed E-state index contributed by atoms with van der Waals surface area (Å²) in [6, 6.07) is -0.697. The van der Waals surface area contributed by atoms with Gasteiger partial charge in [0.2, 0.25) is 0 Å². The number of piperidine rings is 1. The minimum Gasteiger partial charge on any atom is -0.480 e. The molecule has 1 aliphatic rings. The van der Waals surface area contributed by atoms with Crippen molar-refractivity contribution < 1.29 is 19.4 Å². The quantitative estimate of drug-likeness (QED) is 0.576. The summed E-state index contributed by atoms with van der Waals surface area (Å²) in [5.74, 6) is -1.16. The molecule has 1 fully saturated rings. The average Bonchev–Trinajstić information content (AvgIpc) is 2.38. The molecule has 18 heavy (non-hydrogen) atoms. The number of amides is 1. The van der Waals surface area contributed by atoms with Crippen LogP contribution in [0.25, 0.3) is 0 Å². The zero-order valence-corrected chi connectivity index (χ0v) is 10.8. The van der Waals surface area contributed by atoms with Crippen molar-refractivity contribution in [2.24, 2.45) is 0 Å². The first kappa shape index (κ1) is 14.7. The topological polar surface area (TPSA) is 66.8 Å². The SMILES string of the molecule is C=CCCOC(C)C(=O)N1CCCCC1C(=O)O. The second-order valence-electron chi connectivity index (χ2n) is 4.47. The van der Waals surface area contributed by atoms with Crippen molar-refractivity contribution >= 4 is 11.9 Å². The van der Waals surface area contributed by atoms with Gasteiger partial charge in [0.05, 0.1) is 6.61 Å². The number of carboxylic acid groups (broad SMARTS) is 1. The molecule has 2 atom stereocenters. The highest BCUT2D eigenvalue weighted by Gasteiger charge is 2.34. The summed E-state index contributed by atoms with van der Waals surface area (Å²) in [4.78, 5) is 24.7. The number of carboxylic acids is 1. The van der Waals surface area contributed by atoms with E-state index in [0.717, 1.165) is 12.8 Å². The molecular weight excluding hydrogens is 234 g/mol. The summed E-state index contributed by atoms with van der Waals surface area (Å²) in [5.41, 5.74) is 0. The summed E-state index contributed by atoms with van der Waals surface area (Å²) in [7, 11) is 0. The van der Waals surface area contributed by atoms with Gasteiger partial charge in [0.15, 0.2) is 0 Å². The zero-order valence-electron chi connectivity index (χ0n) is 10.8. The Kier molecular flexibility index (Phi) is 5.85. The molecule has 5 heteroatoms. The lowest BCUT2D eigenvalue weighted by Gasteiger charge is -2.34. The van der Waals surface area contributed by atoms with Gasteiger partial charge < -0.3 is 14.7 Å². The lowest BCUT2D eigenvalue weighted by Crippen LogP contribution is -2.51. The molecule has 0 spiro atoms. The van der Waals surface area contributed by atoms with E-state index in [4.69, 9.17) is 9.84 Å². The first-order valence-corrected chi connectivity index (χ1v) is 6.33. The second kappa shape index (κ2) is 7.16. The molecule has 0 aromatic rings. The van der Waals surface area contributed by atoms with E-state index in [1.165, 1.54) is 4.90 Å². The van der Waals surface area contributed by atoms with Crippen LogP contribution in [-0.2, 0) is 14.3 Å². The van der Waals surface area contributed by atoms with Crippen LogP contribution >= 0.6 is 0 Å². The molecule has 102 valence electrons. The maximum Gasteiger partial charge on any atom is 0.326 e. The monoisotopic (exact) mass is 255 g/mol. The number of nitrogens with zero attached hydrogens (tertiary/aromatic N) is 1. The standard InChI is InChI=1S/C13H21NO4/c1-3-4-9-18-10(2)12(15)14-8-6-5-7-11(14)13(16)17/h3,10-11H,1,4-9H2,2H3,(H,16,17). The van der Waals surface area contributed by atoms with E-state index in [2.05, 4.69) is 6.58 Å². The molecule has 1 rings (SSSR count). The van der Waals surface area contributed by atoms with Gasteiger partial charge in [0.1, 0.15) is 12.1 Å². The fraction of sp³-hybridized carbons (Fsp3) is 0.692. The number of aliphatic carboxylic acids is 1. The Morgan fingerprint density at radius 1 is 1.56 bits per heavy atom.